The van der Waals surface area contributed by atoms with E-state index in [1.807, 2.05) is 37.3 Å². The molecule has 3 rings (SSSR count). The van der Waals surface area contributed by atoms with Gasteiger partial charge in [0.25, 0.3) is 5.91 Å². The van der Waals surface area contributed by atoms with Gasteiger partial charge in [-0.05, 0) is 50.8 Å². The standard InChI is InChI=1S/C20H26N4O/c1-4-16-10-8-9-13-24(16)20-21-15(2)14-18(22-20)19(25)23(3)17-11-6-5-7-12-17/h5-7,11-12,14,16H,4,8-10,13H2,1-3H3. The first kappa shape index (κ1) is 17.4. The van der Waals surface area contributed by atoms with Gasteiger partial charge in [-0.3, -0.25) is 4.79 Å². The Morgan fingerprint density at radius 2 is 2.00 bits per heavy atom. The number of rotatable bonds is 4. The molecular weight excluding hydrogens is 312 g/mol. The van der Waals surface area contributed by atoms with E-state index < -0.39 is 0 Å². The van der Waals surface area contributed by atoms with Crippen LogP contribution in [0.4, 0.5) is 11.6 Å². The zero-order valence-electron chi connectivity index (χ0n) is 15.3. The molecule has 1 unspecified atom stereocenters. The second-order valence-electron chi connectivity index (χ2n) is 6.65. The topological polar surface area (TPSA) is 49.3 Å². The zero-order valence-corrected chi connectivity index (χ0v) is 15.3. The van der Waals surface area contributed by atoms with Crippen LogP contribution in [0.5, 0.6) is 0 Å². The predicted molar refractivity (Wildman–Crippen MR) is 101 cm³/mol. The summed E-state index contributed by atoms with van der Waals surface area (Å²) in [5.41, 5.74) is 2.14. The molecule has 5 nitrogen and oxygen atoms in total. The number of piperidine rings is 1. The number of carbonyl (C=O) groups excluding carboxylic acids is 1. The molecule has 1 fully saturated rings. The van der Waals surface area contributed by atoms with Crippen molar-refractivity contribution in [3.63, 3.8) is 0 Å². The Morgan fingerprint density at radius 1 is 1.24 bits per heavy atom. The molecule has 0 bridgehead atoms. The summed E-state index contributed by atoms with van der Waals surface area (Å²) < 4.78 is 0. The Hall–Kier alpha value is -2.43. The van der Waals surface area contributed by atoms with Gasteiger partial charge in [-0.15, -0.1) is 0 Å². The maximum Gasteiger partial charge on any atom is 0.276 e. The van der Waals surface area contributed by atoms with Gasteiger partial charge in [-0.1, -0.05) is 25.1 Å². The number of para-hydroxylation sites is 1. The fourth-order valence-electron chi connectivity index (χ4n) is 3.42. The molecule has 0 N–H and O–H groups in total. The molecule has 1 aromatic heterocycles. The Kier molecular flexibility index (Phi) is 5.31. The Balaban J connectivity index is 1.90. The van der Waals surface area contributed by atoms with Crippen LogP contribution in [0.1, 0.15) is 48.8 Å². The number of hydrogen-bond donors (Lipinski definition) is 0. The quantitative estimate of drug-likeness (QED) is 0.850. The Morgan fingerprint density at radius 3 is 2.72 bits per heavy atom. The van der Waals surface area contributed by atoms with Crippen molar-refractivity contribution in [2.45, 2.75) is 45.6 Å². The lowest BCUT2D eigenvalue weighted by atomic mass is 10.0. The zero-order chi connectivity index (χ0) is 17.8. The lowest BCUT2D eigenvalue weighted by Gasteiger charge is -2.35. The van der Waals surface area contributed by atoms with Crippen LogP contribution in [-0.2, 0) is 0 Å². The number of aromatic nitrogens is 2. The molecule has 0 radical (unpaired) electrons. The first-order valence-electron chi connectivity index (χ1n) is 9.05. The van der Waals surface area contributed by atoms with Crippen LogP contribution in [-0.4, -0.2) is 35.5 Å². The summed E-state index contributed by atoms with van der Waals surface area (Å²) in [7, 11) is 1.78. The monoisotopic (exact) mass is 338 g/mol. The van der Waals surface area contributed by atoms with E-state index in [0.29, 0.717) is 17.7 Å². The molecule has 5 heteroatoms. The fraction of sp³-hybridized carbons (Fsp3) is 0.450. The van der Waals surface area contributed by atoms with E-state index in [0.717, 1.165) is 30.8 Å². The second-order valence-corrected chi connectivity index (χ2v) is 6.65. The molecule has 0 spiro atoms. The molecule has 1 amide bonds. The predicted octanol–water partition coefficient (Wildman–Crippen LogP) is 3.83. The molecule has 0 saturated carbocycles. The molecule has 1 atom stereocenters. The molecule has 2 heterocycles. The lowest BCUT2D eigenvalue weighted by molar-refractivity contribution is 0.0988. The van der Waals surface area contributed by atoms with Gasteiger partial charge in [0.15, 0.2) is 0 Å². The van der Waals surface area contributed by atoms with Crippen LogP contribution in [0.25, 0.3) is 0 Å². The van der Waals surface area contributed by atoms with Crippen molar-refractivity contribution in [3.8, 4) is 0 Å². The van der Waals surface area contributed by atoms with Crippen molar-refractivity contribution < 1.29 is 4.79 Å². The first-order chi connectivity index (χ1) is 12.1. The summed E-state index contributed by atoms with van der Waals surface area (Å²) in [6.45, 7) is 5.09. The first-order valence-corrected chi connectivity index (χ1v) is 9.05. The number of aryl methyl sites for hydroxylation is 1. The van der Waals surface area contributed by atoms with E-state index in [1.54, 1.807) is 18.0 Å². The summed E-state index contributed by atoms with van der Waals surface area (Å²) in [4.78, 5) is 26.1. The summed E-state index contributed by atoms with van der Waals surface area (Å²) in [6, 6.07) is 11.9. The molecule has 1 aliphatic heterocycles. The van der Waals surface area contributed by atoms with Crippen LogP contribution in [0.15, 0.2) is 36.4 Å². The number of nitrogens with zero attached hydrogens (tertiary/aromatic N) is 4. The van der Waals surface area contributed by atoms with Crippen molar-refractivity contribution in [1.29, 1.82) is 0 Å². The molecule has 2 aromatic rings. The molecular formula is C20H26N4O. The van der Waals surface area contributed by atoms with Gasteiger partial charge >= 0.3 is 0 Å². The minimum absolute atomic E-state index is 0.108. The molecule has 1 saturated heterocycles. The third-order valence-corrected chi connectivity index (χ3v) is 4.86. The van der Waals surface area contributed by atoms with E-state index >= 15 is 0 Å². The van der Waals surface area contributed by atoms with Crippen LogP contribution in [0.2, 0.25) is 0 Å². The van der Waals surface area contributed by atoms with Gasteiger partial charge in [-0.2, -0.15) is 0 Å². The maximum atomic E-state index is 12.9. The molecule has 1 aromatic carbocycles. The highest BCUT2D eigenvalue weighted by molar-refractivity contribution is 6.04. The lowest BCUT2D eigenvalue weighted by Crippen LogP contribution is -2.40. The Bertz CT molecular complexity index is 732. The van der Waals surface area contributed by atoms with Crippen LogP contribution in [0.3, 0.4) is 0 Å². The van der Waals surface area contributed by atoms with Crippen molar-refractivity contribution in [3.05, 3.63) is 47.8 Å². The SMILES string of the molecule is CCC1CCCCN1c1nc(C)cc(C(=O)N(C)c2ccccc2)n1. The number of amides is 1. The number of carbonyl (C=O) groups is 1. The van der Waals surface area contributed by atoms with Crippen molar-refractivity contribution >= 4 is 17.5 Å². The normalized spacial score (nSPS) is 17.4. The minimum atomic E-state index is -0.108. The highest BCUT2D eigenvalue weighted by atomic mass is 16.2. The van der Waals surface area contributed by atoms with Gasteiger partial charge in [-0.25, -0.2) is 9.97 Å². The van der Waals surface area contributed by atoms with E-state index in [4.69, 9.17) is 0 Å². The average molecular weight is 338 g/mol. The van der Waals surface area contributed by atoms with E-state index in [2.05, 4.69) is 21.8 Å². The molecule has 132 valence electrons. The number of hydrogen-bond acceptors (Lipinski definition) is 4. The van der Waals surface area contributed by atoms with Gasteiger partial charge in [0.05, 0.1) is 0 Å². The summed E-state index contributed by atoms with van der Waals surface area (Å²) >= 11 is 0. The fourth-order valence-corrected chi connectivity index (χ4v) is 3.42. The van der Waals surface area contributed by atoms with Gasteiger partial charge < -0.3 is 9.80 Å². The largest absolute Gasteiger partial charge is 0.338 e. The van der Waals surface area contributed by atoms with Crippen LogP contribution in [0, 0.1) is 6.92 Å². The molecule has 25 heavy (non-hydrogen) atoms. The summed E-state index contributed by atoms with van der Waals surface area (Å²) in [5, 5.41) is 0. The van der Waals surface area contributed by atoms with E-state index in [9.17, 15) is 4.79 Å². The van der Waals surface area contributed by atoms with Crippen molar-refractivity contribution in [2.75, 3.05) is 23.4 Å². The second kappa shape index (κ2) is 7.64. The summed E-state index contributed by atoms with van der Waals surface area (Å²) in [5.74, 6) is 0.583. The maximum absolute atomic E-state index is 12.9. The number of benzene rings is 1. The van der Waals surface area contributed by atoms with Gasteiger partial charge in [0, 0.05) is 31.0 Å². The Labute approximate surface area is 149 Å². The van der Waals surface area contributed by atoms with Crippen molar-refractivity contribution in [2.24, 2.45) is 0 Å². The highest BCUT2D eigenvalue weighted by Gasteiger charge is 2.25. The smallest absolute Gasteiger partial charge is 0.276 e. The molecule has 1 aliphatic rings. The minimum Gasteiger partial charge on any atom is -0.338 e. The third-order valence-electron chi connectivity index (χ3n) is 4.86. The third kappa shape index (κ3) is 3.81. The summed E-state index contributed by atoms with van der Waals surface area (Å²) in [6.07, 6.45) is 4.65. The number of anilines is 2. The van der Waals surface area contributed by atoms with Crippen LogP contribution >= 0.6 is 0 Å². The molecule has 0 aliphatic carbocycles. The van der Waals surface area contributed by atoms with Crippen LogP contribution < -0.4 is 9.80 Å². The van der Waals surface area contributed by atoms with E-state index in [-0.39, 0.29) is 5.91 Å². The highest BCUT2D eigenvalue weighted by Crippen LogP contribution is 2.24. The van der Waals surface area contributed by atoms with Gasteiger partial charge in [0.1, 0.15) is 5.69 Å². The van der Waals surface area contributed by atoms with E-state index in [1.165, 1.54) is 12.8 Å². The van der Waals surface area contributed by atoms with Crippen molar-refractivity contribution in [1.82, 2.24) is 9.97 Å². The van der Waals surface area contributed by atoms with Gasteiger partial charge in [0.2, 0.25) is 5.95 Å². The average Bonchev–Trinajstić information content (AvgIpc) is 2.67.